The van der Waals surface area contributed by atoms with Crippen molar-refractivity contribution < 1.29 is 4.79 Å². The van der Waals surface area contributed by atoms with Crippen LogP contribution in [0.1, 0.15) is 18.4 Å². The first-order valence-corrected chi connectivity index (χ1v) is 5.88. The summed E-state index contributed by atoms with van der Waals surface area (Å²) in [5.41, 5.74) is 13.6. The van der Waals surface area contributed by atoms with Crippen LogP contribution in [0.3, 0.4) is 0 Å². The van der Waals surface area contributed by atoms with Crippen molar-refractivity contribution in [3.8, 4) is 0 Å². The number of carbonyl (C=O) groups is 1. The standard InChI is InChI=1S/C11H16BrN3O/c1-7-5-10(8(12)6-9(7)13)15-4-2-3-11(14)16/h5-6,15H,2-4,13H2,1H3,(H2,14,16). The van der Waals surface area contributed by atoms with Crippen LogP contribution in [-0.4, -0.2) is 12.5 Å². The fraction of sp³-hybridized carbons (Fsp3) is 0.364. The SMILES string of the molecule is Cc1cc(NCCCC(N)=O)c(Br)cc1N. The molecule has 0 unspecified atom stereocenters. The summed E-state index contributed by atoms with van der Waals surface area (Å²) < 4.78 is 0.926. The van der Waals surface area contributed by atoms with Gasteiger partial charge in [-0.2, -0.15) is 0 Å². The lowest BCUT2D eigenvalue weighted by Gasteiger charge is -2.10. The molecule has 16 heavy (non-hydrogen) atoms. The Hall–Kier alpha value is -1.23. The van der Waals surface area contributed by atoms with Crippen LogP contribution >= 0.6 is 15.9 Å². The molecule has 0 aliphatic carbocycles. The number of aryl methyl sites for hydroxylation is 1. The van der Waals surface area contributed by atoms with E-state index in [1.165, 1.54) is 0 Å². The number of nitrogens with two attached hydrogens (primary N) is 2. The minimum atomic E-state index is -0.269. The number of carbonyl (C=O) groups excluding carboxylic acids is 1. The molecular formula is C11H16BrN3O. The van der Waals surface area contributed by atoms with Gasteiger partial charge in [0.05, 0.1) is 0 Å². The molecule has 0 heterocycles. The number of halogens is 1. The molecule has 0 aromatic heterocycles. The zero-order valence-electron chi connectivity index (χ0n) is 9.22. The van der Waals surface area contributed by atoms with Crippen molar-refractivity contribution in [1.29, 1.82) is 0 Å². The smallest absolute Gasteiger partial charge is 0.217 e. The largest absolute Gasteiger partial charge is 0.398 e. The van der Waals surface area contributed by atoms with Crippen molar-refractivity contribution in [3.05, 3.63) is 22.2 Å². The predicted octanol–water partition coefficient (Wildman–Crippen LogP) is 2.02. The third-order valence-electron chi connectivity index (χ3n) is 2.27. The van der Waals surface area contributed by atoms with Gasteiger partial charge in [0.25, 0.3) is 0 Å². The highest BCUT2D eigenvalue weighted by molar-refractivity contribution is 9.10. The van der Waals surface area contributed by atoms with Crippen molar-refractivity contribution in [2.75, 3.05) is 17.6 Å². The number of hydrogen-bond acceptors (Lipinski definition) is 3. The van der Waals surface area contributed by atoms with Crippen LogP contribution in [0.15, 0.2) is 16.6 Å². The molecule has 1 aromatic carbocycles. The van der Waals surface area contributed by atoms with Crippen LogP contribution in [-0.2, 0) is 4.79 Å². The lowest BCUT2D eigenvalue weighted by molar-refractivity contribution is -0.118. The molecule has 0 spiro atoms. The second-order valence-corrected chi connectivity index (χ2v) is 4.54. The van der Waals surface area contributed by atoms with Crippen LogP contribution in [0, 0.1) is 6.92 Å². The third-order valence-corrected chi connectivity index (χ3v) is 2.93. The summed E-state index contributed by atoms with van der Waals surface area (Å²) in [6.45, 7) is 2.67. The Bertz CT molecular complexity index is 393. The van der Waals surface area contributed by atoms with E-state index in [1.807, 2.05) is 19.1 Å². The Morgan fingerprint density at radius 2 is 2.19 bits per heavy atom. The number of benzene rings is 1. The van der Waals surface area contributed by atoms with Crippen molar-refractivity contribution in [2.45, 2.75) is 19.8 Å². The Labute approximate surface area is 104 Å². The van der Waals surface area contributed by atoms with Crippen molar-refractivity contribution in [3.63, 3.8) is 0 Å². The first kappa shape index (κ1) is 12.8. The fourth-order valence-corrected chi connectivity index (χ4v) is 1.82. The normalized spacial score (nSPS) is 10.1. The number of anilines is 2. The van der Waals surface area contributed by atoms with Crippen molar-refractivity contribution >= 4 is 33.2 Å². The van der Waals surface area contributed by atoms with Crippen LogP contribution in [0.2, 0.25) is 0 Å². The van der Waals surface area contributed by atoms with E-state index in [9.17, 15) is 4.79 Å². The topological polar surface area (TPSA) is 81.1 Å². The molecule has 0 aliphatic heterocycles. The summed E-state index contributed by atoms with van der Waals surface area (Å²) >= 11 is 3.43. The Morgan fingerprint density at radius 3 is 2.81 bits per heavy atom. The Balaban J connectivity index is 2.54. The second kappa shape index (κ2) is 5.75. The van der Waals surface area contributed by atoms with Gasteiger partial charge >= 0.3 is 0 Å². The fourth-order valence-electron chi connectivity index (χ4n) is 1.32. The minimum Gasteiger partial charge on any atom is -0.398 e. The number of nitrogen functional groups attached to an aromatic ring is 1. The highest BCUT2D eigenvalue weighted by Gasteiger charge is 2.03. The molecule has 0 saturated heterocycles. The van der Waals surface area contributed by atoms with E-state index in [0.717, 1.165) is 27.8 Å². The molecule has 0 radical (unpaired) electrons. The zero-order chi connectivity index (χ0) is 12.1. The minimum absolute atomic E-state index is 0.269. The summed E-state index contributed by atoms with van der Waals surface area (Å²) in [5.74, 6) is -0.269. The lowest BCUT2D eigenvalue weighted by Crippen LogP contribution is -2.12. The van der Waals surface area contributed by atoms with Crippen LogP contribution in [0.25, 0.3) is 0 Å². The van der Waals surface area contributed by atoms with Gasteiger partial charge in [-0.3, -0.25) is 4.79 Å². The van der Waals surface area contributed by atoms with Crippen molar-refractivity contribution in [1.82, 2.24) is 0 Å². The maximum Gasteiger partial charge on any atom is 0.217 e. The van der Waals surface area contributed by atoms with Gasteiger partial charge in [0.15, 0.2) is 0 Å². The van der Waals surface area contributed by atoms with E-state index in [-0.39, 0.29) is 5.91 Å². The first-order valence-electron chi connectivity index (χ1n) is 5.08. The highest BCUT2D eigenvalue weighted by Crippen LogP contribution is 2.27. The molecule has 0 fully saturated rings. The average Bonchev–Trinajstić information content (AvgIpc) is 2.19. The lowest BCUT2D eigenvalue weighted by atomic mass is 10.2. The number of nitrogens with one attached hydrogen (secondary N) is 1. The van der Waals surface area contributed by atoms with Crippen LogP contribution in [0.4, 0.5) is 11.4 Å². The Kier molecular flexibility index (Phi) is 4.61. The maximum absolute atomic E-state index is 10.5. The molecule has 88 valence electrons. The molecule has 0 aliphatic rings. The number of amides is 1. The van der Waals surface area contributed by atoms with E-state index < -0.39 is 0 Å². The molecule has 5 N–H and O–H groups in total. The molecule has 0 atom stereocenters. The average molecular weight is 286 g/mol. The monoisotopic (exact) mass is 285 g/mol. The zero-order valence-corrected chi connectivity index (χ0v) is 10.8. The molecular weight excluding hydrogens is 270 g/mol. The quantitative estimate of drug-likeness (QED) is 0.572. The summed E-state index contributed by atoms with van der Waals surface area (Å²) in [5, 5.41) is 3.23. The van der Waals surface area contributed by atoms with E-state index in [4.69, 9.17) is 11.5 Å². The molecule has 1 amide bonds. The van der Waals surface area contributed by atoms with E-state index in [2.05, 4.69) is 21.2 Å². The number of rotatable bonds is 5. The van der Waals surface area contributed by atoms with Gasteiger partial charge in [-0.05, 0) is 47.0 Å². The molecule has 0 bridgehead atoms. The predicted molar refractivity (Wildman–Crippen MR) is 70.2 cm³/mol. The summed E-state index contributed by atoms with van der Waals surface area (Å²) in [6, 6.07) is 3.84. The first-order chi connectivity index (χ1) is 7.50. The summed E-state index contributed by atoms with van der Waals surface area (Å²) in [4.78, 5) is 10.5. The molecule has 1 rings (SSSR count). The van der Waals surface area contributed by atoms with Crippen LogP contribution in [0.5, 0.6) is 0 Å². The highest BCUT2D eigenvalue weighted by atomic mass is 79.9. The maximum atomic E-state index is 10.5. The van der Waals surface area contributed by atoms with Gasteiger partial charge in [0.1, 0.15) is 0 Å². The number of hydrogen-bond donors (Lipinski definition) is 3. The van der Waals surface area contributed by atoms with Gasteiger partial charge in [-0.25, -0.2) is 0 Å². The molecule has 0 saturated carbocycles. The van der Waals surface area contributed by atoms with Gasteiger partial charge in [0, 0.05) is 28.8 Å². The van der Waals surface area contributed by atoms with E-state index in [0.29, 0.717) is 13.0 Å². The van der Waals surface area contributed by atoms with Crippen molar-refractivity contribution in [2.24, 2.45) is 5.73 Å². The molecule has 5 heteroatoms. The van der Waals surface area contributed by atoms with Gasteiger partial charge in [0.2, 0.25) is 5.91 Å². The van der Waals surface area contributed by atoms with Gasteiger partial charge < -0.3 is 16.8 Å². The Morgan fingerprint density at radius 1 is 1.50 bits per heavy atom. The van der Waals surface area contributed by atoms with Crippen LogP contribution < -0.4 is 16.8 Å². The molecule has 4 nitrogen and oxygen atoms in total. The summed E-state index contributed by atoms with van der Waals surface area (Å²) in [7, 11) is 0. The van der Waals surface area contributed by atoms with Gasteiger partial charge in [-0.1, -0.05) is 0 Å². The second-order valence-electron chi connectivity index (χ2n) is 3.69. The van der Waals surface area contributed by atoms with Gasteiger partial charge in [-0.15, -0.1) is 0 Å². The number of primary amides is 1. The summed E-state index contributed by atoms with van der Waals surface area (Å²) in [6.07, 6.45) is 1.13. The molecule has 1 aromatic rings. The van der Waals surface area contributed by atoms with E-state index in [1.54, 1.807) is 0 Å². The van der Waals surface area contributed by atoms with E-state index >= 15 is 0 Å². The third kappa shape index (κ3) is 3.73.